The van der Waals surface area contributed by atoms with Crippen LogP contribution in [0.4, 0.5) is 5.69 Å². The van der Waals surface area contributed by atoms with Crippen molar-refractivity contribution in [1.82, 2.24) is 9.21 Å². The highest BCUT2D eigenvalue weighted by atomic mass is 32.2. The molecule has 170 valence electrons. The van der Waals surface area contributed by atoms with Crippen LogP contribution >= 0.6 is 0 Å². The maximum Gasteiger partial charge on any atom is 0.253 e. The second-order valence-corrected chi connectivity index (χ2v) is 10.4. The van der Waals surface area contributed by atoms with Crippen molar-refractivity contribution >= 4 is 27.5 Å². The van der Waals surface area contributed by atoms with Crippen molar-refractivity contribution in [2.24, 2.45) is 0 Å². The highest BCUT2D eigenvalue weighted by Crippen LogP contribution is 2.24. The normalized spacial score (nSPS) is 18.1. The largest absolute Gasteiger partial charge is 0.336 e. The number of rotatable bonds is 4. The Morgan fingerprint density at radius 2 is 1.56 bits per heavy atom. The van der Waals surface area contributed by atoms with E-state index in [4.69, 9.17) is 0 Å². The van der Waals surface area contributed by atoms with Gasteiger partial charge in [-0.05, 0) is 62.6 Å². The first-order valence-electron chi connectivity index (χ1n) is 11.0. The molecule has 0 unspecified atom stereocenters. The first-order valence-corrected chi connectivity index (χ1v) is 12.5. The molecule has 7 nitrogen and oxygen atoms in total. The predicted octanol–water partition coefficient (Wildman–Crippen LogP) is 2.97. The van der Waals surface area contributed by atoms with Crippen LogP contribution in [-0.2, 0) is 14.8 Å². The Morgan fingerprint density at radius 1 is 0.875 bits per heavy atom. The van der Waals surface area contributed by atoms with Crippen LogP contribution < -0.4 is 4.90 Å². The van der Waals surface area contributed by atoms with Crippen LogP contribution in [0.25, 0.3) is 0 Å². The van der Waals surface area contributed by atoms with Gasteiger partial charge < -0.3 is 9.80 Å². The summed E-state index contributed by atoms with van der Waals surface area (Å²) < 4.78 is 27.6. The molecule has 2 aliphatic rings. The lowest BCUT2D eigenvalue weighted by molar-refractivity contribution is -0.119. The Labute approximate surface area is 189 Å². The van der Waals surface area contributed by atoms with Crippen LogP contribution in [0.1, 0.15) is 40.7 Å². The fraction of sp³-hybridized carbons (Fsp3) is 0.417. The van der Waals surface area contributed by atoms with Gasteiger partial charge in [-0.3, -0.25) is 9.59 Å². The van der Waals surface area contributed by atoms with Gasteiger partial charge in [-0.1, -0.05) is 17.7 Å². The predicted molar refractivity (Wildman–Crippen MR) is 123 cm³/mol. The molecule has 0 spiro atoms. The monoisotopic (exact) mass is 455 g/mol. The minimum Gasteiger partial charge on any atom is -0.336 e. The van der Waals surface area contributed by atoms with E-state index >= 15 is 0 Å². The van der Waals surface area contributed by atoms with E-state index in [-0.39, 0.29) is 24.9 Å². The summed E-state index contributed by atoms with van der Waals surface area (Å²) in [6.07, 6.45) is 2.48. The van der Waals surface area contributed by atoms with Gasteiger partial charge in [0.1, 0.15) is 0 Å². The summed E-state index contributed by atoms with van der Waals surface area (Å²) in [6, 6.07) is 12.5. The summed E-state index contributed by atoms with van der Waals surface area (Å²) >= 11 is 0. The molecule has 2 fully saturated rings. The highest BCUT2D eigenvalue weighted by Gasteiger charge is 2.31. The third-order valence-electron chi connectivity index (χ3n) is 6.22. The summed E-state index contributed by atoms with van der Waals surface area (Å²) in [6.45, 7) is 5.67. The van der Waals surface area contributed by atoms with E-state index in [2.05, 4.69) is 0 Å². The Balaban J connectivity index is 1.40. The number of hydrogen-bond donors (Lipinski definition) is 0. The van der Waals surface area contributed by atoms with Crippen molar-refractivity contribution < 1.29 is 18.0 Å². The summed E-state index contributed by atoms with van der Waals surface area (Å²) in [5.74, 6) is 0.00144. The summed E-state index contributed by atoms with van der Waals surface area (Å²) in [5, 5.41) is 0. The number of piperidine rings is 1. The first-order chi connectivity index (χ1) is 15.3. The molecule has 2 amide bonds. The topological polar surface area (TPSA) is 78.0 Å². The lowest BCUT2D eigenvalue weighted by Gasteiger charge is -2.34. The molecule has 2 aromatic rings. The lowest BCUT2D eigenvalue weighted by Crippen LogP contribution is -2.50. The van der Waals surface area contributed by atoms with Gasteiger partial charge in [-0.15, -0.1) is 0 Å². The van der Waals surface area contributed by atoms with Gasteiger partial charge in [0.25, 0.3) is 5.91 Å². The summed E-state index contributed by atoms with van der Waals surface area (Å²) in [4.78, 5) is 28.8. The van der Waals surface area contributed by atoms with E-state index in [0.29, 0.717) is 36.5 Å². The molecule has 32 heavy (non-hydrogen) atoms. The van der Waals surface area contributed by atoms with Crippen molar-refractivity contribution in [3.8, 4) is 0 Å². The van der Waals surface area contributed by atoms with Crippen LogP contribution in [0.15, 0.2) is 47.4 Å². The molecule has 2 aliphatic heterocycles. The standard InChI is InChI=1S/C24H29N3O4S/c1-18-6-11-22(19(2)17-18)32(30,31)26-15-13-25(14-16-26)24(29)20-7-9-21(10-8-20)27-12-4-3-5-23(27)28/h6-11,17H,3-5,12-16H2,1-2H3. The number of hydrogen-bond acceptors (Lipinski definition) is 4. The second kappa shape index (κ2) is 9.03. The number of piperazine rings is 1. The summed E-state index contributed by atoms with van der Waals surface area (Å²) in [7, 11) is -3.59. The molecule has 2 aromatic carbocycles. The zero-order valence-corrected chi connectivity index (χ0v) is 19.4. The Bertz CT molecular complexity index is 1120. The fourth-order valence-electron chi connectivity index (χ4n) is 4.40. The molecule has 2 heterocycles. The molecule has 8 heteroatoms. The van der Waals surface area contributed by atoms with Gasteiger partial charge in [-0.25, -0.2) is 8.42 Å². The molecule has 2 saturated heterocycles. The molecule has 0 saturated carbocycles. The Morgan fingerprint density at radius 3 is 2.19 bits per heavy atom. The van der Waals surface area contributed by atoms with Crippen LogP contribution in [0, 0.1) is 13.8 Å². The van der Waals surface area contributed by atoms with Crippen molar-refractivity contribution in [2.75, 3.05) is 37.6 Å². The van der Waals surface area contributed by atoms with E-state index in [1.54, 1.807) is 41.0 Å². The van der Waals surface area contributed by atoms with Gasteiger partial charge >= 0.3 is 0 Å². The van der Waals surface area contributed by atoms with Gasteiger partial charge in [0.2, 0.25) is 15.9 Å². The molecule has 0 radical (unpaired) electrons. The Kier molecular flexibility index (Phi) is 6.35. The van der Waals surface area contributed by atoms with Gasteiger partial charge in [0.05, 0.1) is 4.90 Å². The van der Waals surface area contributed by atoms with Crippen molar-refractivity contribution in [3.63, 3.8) is 0 Å². The number of aryl methyl sites for hydroxylation is 2. The van der Waals surface area contributed by atoms with Crippen molar-refractivity contribution in [1.29, 1.82) is 0 Å². The maximum absolute atomic E-state index is 13.1. The van der Waals surface area contributed by atoms with E-state index in [1.807, 2.05) is 25.1 Å². The molecular formula is C24H29N3O4S. The molecule has 0 aromatic heterocycles. The minimum atomic E-state index is -3.59. The van der Waals surface area contributed by atoms with Gasteiger partial charge in [0, 0.05) is 50.4 Å². The fourth-order valence-corrected chi connectivity index (χ4v) is 6.03. The van der Waals surface area contributed by atoms with E-state index in [1.165, 1.54) is 4.31 Å². The van der Waals surface area contributed by atoms with Crippen molar-refractivity contribution in [3.05, 3.63) is 59.2 Å². The maximum atomic E-state index is 13.1. The number of carbonyl (C=O) groups excluding carboxylic acids is 2. The van der Waals surface area contributed by atoms with Gasteiger partial charge in [0.15, 0.2) is 0 Å². The number of anilines is 1. The van der Waals surface area contributed by atoms with Crippen LogP contribution in [0.3, 0.4) is 0 Å². The average molecular weight is 456 g/mol. The number of sulfonamides is 1. The van der Waals surface area contributed by atoms with Crippen molar-refractivity contribution in [2.45, 2.75) is 38.0 Å². The van der Waals surface area contributed by atoms with E-state index in [9.17, 15) is 18.0 Å². The molecular weight excluding hydrogens is 426 g/mol. The molecule has 0 N–H and O–H groups in total. The second-order valence-electron chi connectivity index (χ2n) is 8.51. The summed E-state index contributed by atoms with van der Waals surface area (Å²) in [5.41, 5.74) is 3.11. The lowest BCUT2D eigenvalue weighted by atomic mass is 10.1. The third-order valence-corrected chi connectivity index (χ3v) is 8.28. The Hall–Kier alpha value is -2.71. The average Bonchev–Trinajstić information content (AvgIpc) is 2.79. The number of amides is 2. The smallest absolute Gasteiger partial charge is 0.253 e. The number of benzene rings is 2. The minimum absolute atomic E-state index is 0.120. The zero-order chi connectivity index (χ0) is 22.9. The molecule has 0 aliphatic carbocycles. The van der Waals surface area contributed by atoms with Crippen LogP contribution in [0.5, 0.6) is 0 Å². The molecule has 0 atom stereocenters. The van der Waals surface area contributed by atoms with E-state index < -0.39 is 10.0 Å². The third kappa shape index (κ3) is 4.42. The highest BCUT2D eigenvalue weighted by molar-refractivity contribution is 7.89. The molecule has 0 bridgehead atoms. The molecule has 4 rings (SSSR count). The van der Waals surface area contributed by atoms with Crippen LogP contribution in [-0.4, -0.2) is 62.2 Å². The first kappa shape index (κ1) is 22.5. The zero-order valence-electron chi connectivity index (χ0n) is 18.6. The van der Waals surface area contributed by atoms with Crippen LogP contribution in [0.2, 0.25) is 0 Å². The SMILES string of the molecule is Cc1ccc(S(=O)(=O)N2CCN(C(=O)c3ccc(N4CCCCC4=O)cc3)CC2)c(C)c1. The van der Waals surface area contributed by atoms with E-state index in [0.717, 1.165) is 29.7 Å². The van der Waals surface area contributed by atoms with Gasteiger partial charge in [-0.2, -0.15) is 4.31 Å². The number of carbonyl (C=O) groups is 2. The number of nitrogens with zero attached hydrogens (tertiary/aromatic N) is 3. The quantitative estimate of drug-likeness (QED) is 0.710.